The lowest BCUT2D eigenvalue weighted by Gasteiger charge is -2.36. The van der Waals surface area contributed by atoms with Gasteiger partial charge in [-0.2, -0.15) is 4.31 Å². The zero-order valence-corrected chi connectivity index (χ0v) is 14.9. The molecule has 0 amide bonds. The molecule has 0 aromatic heterocycles. The summed E-state index contributed by atoms with van der Waals surface area (Å²) >= 11 is 0. The Hall–Kier alpha value is -2.05. The van der Waals surface area contributed by atoms with Crippen molar-refractivity contribution in [1.82, 2.24) is 9.21 Å². The van der Waals surface area contributed by atoms with Crippen molar-refractivity contribution in [3.05, 3.63) is 60.3 Å². The number of piperazine rings is 1. The standard InChI is InChI=1S/C18H24N2O3S/c1-3-5-6-8-16(4-2)19-11-13-20(14-12-19)24(22,23)18-10-7-9-17(21)15-18/h3-10,15,21H,11-14H2,1-2H3/b5-3-,8-6-,16-4+. The van der Waals surface area contributed by atoms with Crippen LogP contribution in [-0.2, 0) is 10.0 Å². The molecule has 0 atom stereocenters. The number of hydrogen-bond donors (Lipinski definition) is 1. The van der Waals surface area contributed by atoms with Crippen molar-refractivity contribution in [2.24, 2.45) is 0 Å². The SMILES string of the molecule is C\C=C/C=C\C(=C/C)N1CCN(S(=O)(=O)c2cccc(O)c2)CC1. The van der Waals surface area contributed by atoms with Gasteiger partial charge in [-0.3, -0.25) is 0 Å². The van der Waals surface area contributed by atoms with Crippen molar-refractivity contribution in [2.75, 3.05) is 26.2 Å². The molecular formula is C18H24N2O3S. The third-order valence-corrected chi connectivity index (χ3v) is 5.82. The molecule has 1 N–H and O–H groups in total. The van der Waals surface area contributed by atoms with E-state index >= 15 is 0 Å². The first-order chi connectivity index (χ1) is 11.5. The number of allylic oxidation sites excluding steroid dienone is 5. The molecule has 1 heterocycles. The molecule has 0 radical (unpaired) electrons. The fourth-order valence-corrected chi connectivity index (χ4v) is 4.09. The highest BCUT2D eigenvalue weighted by Crippen LogP contribution is 2.22. The normalized spacial score (nSPS) is 17.9. The Morgan fingerprint density at radius 2 is 1.83 bits per heavy atom. The van der Waals surface area contributed by atoms with Gasteiger partial charge in [0.25, 0.3) is 0 Å². The molecule has 1 aliphatic rings. The largest absolute Gasteiger partial charge is 0.508 e. The average Bonchev–Trinajstić information content (AvgIpc) is 2.59. The number of nitrogens with zero attached hydrogens (tertiary/aromatic N) is 2. The summed E-state index contributed by atoms with van der Waals surface area (Å²) in [6.07, 6.45) is 9.96. The average molecular weight is 348 g/mol. The summed E-state index contributed by atoms with van der Waals surface area (Å²) in [6, 6.07) is 5.81. The topological polar surface area (TPSA) is 60.9 Å². The maximum atomic E-state index is 12.7. The molecule has 6 heteroatoms. The van der Waals surface area contributed by atoms with Gasteiger partial charge in [-0.15, -0.1) is 0 Å². The van der Waals surface area contributed by atoms with E-state index in [-0.39, 0.29) is 10.6 Å². The molecule has 1 saturated heterocycles. The zero-order chi connectivity index (χ0) is 17.6. The monoisotopic (exact) mass is 348 g/mol. The number of phenols is 1. The first kappa shape index (κ1) is 18.3. The van der Waals surface area contributed by atoms with E-state index in [1.807, 2.05) is 44.2 Å². The molecule has 0 saturated carbocycles. The number of hydrogen-bond acceptors (Lipinski definition) is 4. The highest BCUT2D eigenvalue weighted by atomic mass is 32.2. The van der Waals surface area contributed by atoms with Crippen LogP contribution in [0.1, 0.15) is 13.8 Å². The predicted octanol–water partition coefficient (Wildman–Crippen LogP) is 2.73. The molecular weight excluding hydrogens is 324 g/mol. The molecule has 2 rings (SSSR count). The van der Waals surface area contributed by atoms with E-state index in [0.29, 0.717) is 26.2 Å². The Bertz CT molecular complexity index is 743. The third-order valence-electron chi connectivity index (χ3n) is 3.93. The smallest absolute Gasteiger partial charge is 0.243 e. The van der Waals surface area contributed by atoms with E-state index in [0.717, 1.165) is 5.70 Å². The highest BCUT2D eigenvalue weighted by molar-refractivity contribution is 7.89. The maximum absolute atomic E-state index is 12.7. The Labute approximate surface area is 144 Å². The second kappa shape index (κ2) is 8.17. The Balaban J connectivity index is 2.07. The molecule has 130 valence electrons. The first-order valence-electron chi connectivity index (χ1n) is 7.99. The number of rotatable bonds is 5. The van der Waals surface area contributed by atoms with Gasteiger partial charge in [-0.05, 0) is 38.1 Å². The fourth-order valence-electron chi connectivity index (χ4n) is 2.63. The lowest BCUT2D eigenvalue weighted by Crippen LogP contribution is -2.47. The van der Waals surface area contributed by atoms with Crippen molar-refractivity contribution in [3.8, 4) is 5.75 Å². The summed E-state index contributed by atoms with van der Waals surface area (Å²) in [4.78, 5) is 2.31. The van der Waals surface area contributed by atoms with E-state index in [2.05, 4.69) is 4.90 Å². The van der Waals surface area contributed by atoms with Gasteiger partial charge in [0.05, 0.1) is 4.90 Å². The van der Waals surface area contributed by atoms with Gasteiger partial charge in [0, 0.05) is 31.9 Å². The summed E-state index contributed by atoms with van der Waals surface area (Å²) < 4.78 is 26.8. The summed E-state index contributed by atoms with van der Waals surface area (Å²) in [7, 11) is -3.56. The van der Waals surface area contributed by atoms with Crippen LogP contribution in [0, 0.1) is 0 Å². The second-order valence-corrected chi connectivity index (χ2v) is 7.42. The van der Waals surface area contributed by atoms with Crippen LogP contribution in [0.15, 0.2) is 65.2 Å². The quantitative estimate of drug-likeness (QED) is 0.831. The second-order valence-electron chi connectivity index (χ2n) is 5.49. The number of aromatic hydroxyl groups is 1. The maximum Gasteiger partial charge on any atom is 0.243 e. The Kier molecular flexibility index (Phi) is 6.23. The van der Waals surface area contributed by atoms with Crippen molar-refractivity contribution < 1.29 is 13.5 Å². The first-order valence-corrected chi connectivity index (χ1v) is 9.43. The van der Waals surface area contributed by atoms with Crippen LogP contribution in [0.2, 0.25) is 0 Å². The van der Waals surface area contributed by atoms with Crippen LogP contribution in [0.5, 0.6) is 5.75 Å². The van der Waals surface area contributed by atoms with Crippen LogP contribution in [0.4, 0.5) is 0 Å². The van der Waals surface area contributed by atoms with Crippen LogP contribution in [-0.4, -0.2) is 48.9 Å². The molecule has 0 unspecified atom stereocenters. The molecule has 1 aromatic rings. The van der Waals surface area contributed by atoms with Crippen LogP contribution >= 0.6 is 0 Å². The fraction of sp³-hybridized carbons (Fsp3) is 0.333. The summed E-state index contributed by atoms with van der Waals surface area (Å²) in [6.45, 7) is 6.06. The van der Waals surface area contributed by atoms with Gasteiger partial charge in [-0.25, -0.2) is 8.42 Å². The van der Waals surface area contributed by atoms with Crippen molar-refractivity contribution in [3.63, 3.8) is 0 Å². The van der Waals surface area contributed by atoms with E-state index in [4.69, 9.17) is 0 Å². The lowest BCUT2D eigenvalue weighted by molar-refractivity contribution is 0.233. The van der Waals surface area contributed by atoms with Gasteiger partial charge in [-0.1, -0.05) is 30.4 Å². The molecule has 24 heavy (non-hydrogen) atoms. The number of sulfonamides is 1. The van der Waals surface area contributed by atoms with Gasteiger partial charge >= 0.3 is 0 Å². The highest BCUT2D eigenvalue weighted by Gasteiger charge is 2.28. The molecule has 0 aliphatic carbocycles. The molecule has 1 aromatic carbocycles. The van der Waals surface area contributed by atoms with Crippen LogP contribution in [0.3, 0.4) is 0 Å². The molecule has 0 bridgehead atoms. The zero-order valence-electron chi connectivity index (χ0n) is 14.1. The van der Waals surface area contributed by atoms with E-state index < -0.39 is 10.0 Å². The predicted molar refractivity (Wildman–Crippen MR) is 96.1 cm³/mol. The van der Waals surface area contributed by atoms with Gasteiger partial charge in [0.2, 0.25) is 10.0 Å². The molecule has 1 fully saturated rings. The van der Waals surface area contributed by atoms with Crippen molar-refractivity contribution in [1.29, 1.82) is 0 Å². The summed E-state index contributed by atoms with van der Waals surface area (Å²) in [5.41, 5.74) is 1.09. The Morgan fingerprint density at radius 1 is 1.12 bits per heavy atom. The summed E-state index contributed by atoms with van der Waals surface area (Å²) in [5.74, 6) is -0.0416. The van der Waals surface area contributed by atoms with E-state index in [1.165, 1.54) is 22.5 Å². The van der Waals surface area contributed by atoms with Crippen LogP contribution in [0.25, 0.3) is 0 Å². The minimum Gasteiger partial charge on any atom is -0.508 e. The third kappa shape index (κ3) is 4.27. The number of benzene rings is 1. The van der Waals surface area contributed by atoms with Gasteiger partial charge in [0.1, 0.15) is 5.75 Å². The van der Waals surface area contributed by atoms with Crippen molar-refractivity contribution >= 4 is 10.0 Å². The summed E-state index contributed by atoms with van der Waals surface area (Å²) in [5, 5.41) is 9.51. The molecule has 5 nitrogen and oxygen atoms in total. The van der Waals surface area contributed by atoms with E-state index in [1.54, 1.807) is 6.07 Å². The number of phenolic OH excluding ortho intramolecular Hbond substituents is 1. The minimum absolute atomic E-state index is 0.0416. The van der Waals surface area contributed by atoms with E-state index in [9.17, 15) is 13.5 Å². The lowest BCUT2D eigenvalue weighted by atomic mass is 10.2. The minimum atomic E-state index is -3.56. The van der Waals surface area contributed by atoms with Crippen molar-refractivity contribution in [2.45, 2.75) is 18.7 Å². The Morgan fingerprint density at radius 3 is 2.42 bits per heavy atom. The van der Waals surface area contributed by atoms with Gasteiger partial charge in [0.15, 0.2) is 0 Å². The molecule has 0 spiro atoms. The molecule has 1 aliphatic heterocycles. The van der Waals surface area contributed by atoms with Gasteiger partial charge < -0.3 is 10.0 Å². The van der Waals surface area contributed by atoms with Crippen LogP contribution < -0.4 is 0 Å².